The van der Waals surface area contributed by atoms with Crippen molar-refractivity contribution in [1.29, 1.82) is 0 Å². The van der Waals surface area contributed by atoms with Crippen LogP contribution in [0.2, 0.25) is 0 Å². The van der Waals surface area contributed by atoms with Crippen molar-refractivity contribution in [3.63, 3.8) is 0 Å². The summed E-state index contributed by atoms with van der Waals surface area (Å²) in [7, 11) is 0. The molecule has 1 aliphatic rings. The van der Waals surface area contributed by atoms with E-state index in [0.717, 1.165) is 5.69 Å². The van der Waals surface area contributed by atoms with Crippen molar-refractivity contribution in [2.75, 3.05) is 4.90 Å². The maximum absolute atomic E-state index is 10.8. The minimum Gasteiger partial charge on any atom is -0.478 e. The number of carboxylic acid groups (broad SMARTS) is 1. The average Bonchev–Trinajstić information content (AvgIpc) is 2.29. The van der Waals surface area contributed by atoms with Gasteiger partial charge in [0.1, 0.15) is 0 Å². The SMILES string of the molecule is C[C@@H]1CCC[C@H](C)N1c1ccc(C(=O)O)cc1. The zero-order chi connectivity index (χ0) is 12.4. The van der Waals surface area contributed by atoms with Crippen LogP contribution < -0.4 is 4.90 Å². The number of carboxylic acids is 1. The second-order valence-electron chi connectivity index (χ2n) is 4.89. The molecule has 92 valence electrons. The Morgan fingerprint density at radius 2 is 1.71 bits per heavy atom. The summed E-state index contributed by atoms with van der Waals surface area (Å²) >= 11 is 0. The van der Waals surface area contributed by atoms with Crippen LogP contribution in [0.25, 0.3) is 0 Å². The zero-order valence-corrected chi connectivity index (χ0v) is 10.4. The molecule has 1 aromatic carbocycles. The number of nitrogens with zero attached hydrogens (tertiary/aromatic N) is 1. The molecule has 0 radical (unpaired) electrons. The third kappa shape index (κ3) is 2.43. The highest BCUT2D eigenvalue weighted by Gasteiger charge is 2.24. The van der Waals surface area contributed by atoms with Crippen molar-refractivity contribution in [1.82, 2.24) is 0 Å². The monoisotopic (exact) mass is 233 g/mol. The number of benzene rings is 1. The van der Waals surface area contributed by atoms with Gasteiger partial charge in [0.25, 0.3) is 0 Å². The normalized spacial score (nSPS) is 24.7. The van der Waals surface area contributed by atoms with Gasteiger partial charge in [0, 0.05) is 17.8 Å². The number of hydrogen-bond acceptors (Lipinski definition) is 2. The van der Waals surface area contributed by atoms with Crippen molar-refractivity contribution >= 4 is 11.7 Å². The van der Waals surface area contributed by atoms with Crippen LogP contribution in [0.15, 0.2) is 24.3 Å². The van der Waals surface area contributed by atoms with Gasteiger partial charge in [-0.1, -0.05) is 0 Å². The molecule has 0 spiro atoms. The molecule has 1 heterocycles. The number of anilines is 1. The van der Waals surface area contributed by atoms with E-state index in [2.05, 4.69) is 18.7 Å². The smallest absolute Gasteiger partial charge is 0.335 e. The van der Waals surface area contributed by atoms with Crippen molar-refractivity contribution < 1.29 is 9.90 Å². The Bertz CT molecular complexity index is 389. The number of piperidine rings is 1. The number of carbonyl (C=O) groups is 1. The van der Waals surface area contributed by atoms with Crippen molar-refractivity contribution in [2.45, 2.75) is 45.2 Å². The molecule has 0 saturated carbocycles. The van der Waals surface area contributed by atoms with Crippen LogP contribution in [0, 0.1) is 0 Å². The van der Waals surface area contributed by atoms with Crippen LogP contribution in [-0.4, -0.2) is 23.2 Å². The van der Waals surface area contributed by atoms with Gasteiger partial charge in [-0.3, -0.25) is 0 Å². The fraction of sp³-hybridized carbons (Fsp3) is 0.500. The summed E-state index contributed by atoms with van der Waals surface area (Å²) in [6.07, 6.45) is 3.71. The van der Waals surface area contributed by atoms with Crippen LogP contribution in [0.4, 0.5) is 5.69 Å². The molecule has 0 amide bonds. The van der Waals surface area contributed by atoms with Crippen LogP contribution >= 0.6 is 0 Å². The Morgan fingerprint density at radius 3 is 2.18 bits per heavy atom. The first-order valence-electron chi connectivity index (χ1n) is 6.21. The van der Waals surface area contributed by atoms with Crippen molar-refractivity contribution in [3.05, 3.63) is 29.8 Å². The minimum absolute atomic E-state index is 0.353. The Labute approximate surface area is 102 Å². The Balaban J connectivity index is 2.23. The molecular weight excluding hydrogens is 214 g/mol. The van der Waals surface area contributed by atoms with Gasteiger partial charge in [0.2, 0.25) is 0 Å². The standard InChI is InChI=1S/C14H19NO2/c1-10-4-3-5-11(2)15(10)13-8-6-12(7-9-13)14(16)17/h6-11H,3-5H2,1-2H3,(H,16,17)/t10-,11+. The molecule has 2 atom stereocenters. The topological polar surface area (TPSA) is 40.5 Å². The van der Waals surface area contributed by atoms with Gasteiger partial charge in [-0.15, -0.1) is 0 Å². The minimum atomic E-state index is -0.865. The molecule has 1 aliphatic heterocycles. The summed E-state index contributed by atoms with van der Waals surface area (Å²) in [6.45, 7) is 4.47. The lowest BCUT2D eigenvalue weighted by molar-refractivity contribution is 0.0697. The zero-order valence-electron chi connectivity index (χ0n) is 10.4. The van der Waals surface area contributed by atoms with E-state index in [4.69, 9.17) is 5.11 Å². The molecule has 3 heteroatoms. The summed E-state index contributed by atoms with van der Waals surface area (Å²) in [4.78, 5) is 13.2. The molecule has 1 fully saturated rings. The summed E-state index contributed by atoms with van der Waals surface area (Å²) < 4.78 is 0. The first-order chi connectivity index (χ1) is 8.09. The number of hydrogen-bond donors (Lipinski definition) is 1. The van der Waals surface area contributed by atoms with Crippen molar-refractivity contribution in [2.24, 2.45) is 0 Å². The number of aromatic carboxylic acids is 1. The highest BCUT2D eigenvalue weighted by molar-refractivity contribution is 5.88. The highest BCUT2D eigenvalue weighted by atomic mass is 16.4. The van der Waals surface area contributed by atoms with Crippen LogP contribution in [0.1, 0.15) is 43.5 Å². The third-order valence-electron chi connectivity index (χ3n) is 3.61. The fourth-order valence-corrected chi connectivity index (χ4v) is 2.71. The molecule has 0 bridgehead atoms. The molecule has 1 saturated heterocycles. The van der Waals surface area contributed by atoms with Crippen LogP contribution in [0.3, 0.4) is 0 Å². The lowest BCUT2D eigenvalue weighted by Crippen LogP contribution is -2.43. The number of rotatable bonds is 2. The molecular formula is C14H19NO2. The summed E-state index contributed by atoms with van der Waals surface area (Å²) in [5.41, 5.74) is 1.49. The summed E-state index contributed by atoms with van der Waals surface area (Å²) in [5.74, 6) is -0.865. The van der Waals surface area contributed by atoms with E-state index in [0.29, 0.717) is 17.6 Å². The highest BCUT2D eigenvalue weighted by Crippen LogP contribution is 2.29. The van der Waals surface area contributed by atoms with Crippen LogP contribution in [-0.2, 0) is 0 Å². The Kier molecular flexibility index (Phi) is 3.36. The van der Waals surface area contributed by atoms with E-state index in [1.165, 1.54) is 19.3 Å². The molecule has 17 heavy (non-hydrogen) atoms. The van der Waals surface area contributed by atoms with E-state index < -0.39 is 5.97 Å². The first-order valence-corrected chi connectivity index (χ1v) is 6.21. The molecule has 0 aromatic heterocycles. The molecule has 1 N–H and O–H groups in total. The van der Waals surface area contributed by atoms with Gasteiger partial charge in [0.15, 0.2) is 0 Å². The maximum atomic E-state index is 10.8. The largest absolute Gasteiger partial charge is 0.478 e. The second kappa shape index (κ2) is 4.78. The molecule has 2 rings (SSSR count). The predicted octanol–water partition coefficient (Wildman–Crippen LogP) is 3.15. The fourth-order valence-electron chi connectivity index (χ4n) is 2.71. The van der Waals surface area contributed by atoms with Crippen LogP contribution in [0.5, 0.6) is 0 Å². The Morgan fingerprint density at radius 1 is 1.18 bits per heavy atom. The van der Waals surface area contributed by atoms with Gasteiger partial charge in [0.05, 0.1) is 5.56 Å². The Hall–Kier alpha value is -1.51. The summed E-state index contributed by atoms with van der Waals surface area (Å²) in [5, 5.41) is 8.88. The van der Waals surface area contributed by atoms with Gasteiger partial charge < -0.3 is 10.0 Å². The van der Waals surface area contributed by atoms with E-state index in [1.54, 1.807) is 12.1 Å². The van der Waals surface area contributed by atoms with E-state index in [1.807, 2.05) is 12.1 Å². The average molecular weight is 233 g/mol. The van der Waals surface area contributed by atoms with Gasteiger partial charge in [-0.2, -0.15) is 0 Å². The maximum Gasteiger partial charge on any atom is 0.335 e. The molecule has 0 aliphatic carbocycles. The third-order valence-corrected chi connectivity index (χ3v) is 3.61. The summed E-state index contributed by atoms with van der Waals surface area (Å²) in [6, 6.07) is 8.28. The molecule has 1 aromatic rings. The van der Waals surface area contributed by atoms with Gasteiger partial charge in [-0.05, 0) is 57.4 Å². The molecule has 3 nitrogen and oxygen atoms in total. The van der Waals surface area contributed by atoms with Gasteiger partial charge >= 0.3 is 5.97 Å². The van der Waals surface area contributed by atoms with E-state index >= 15 is 0 Å². The predicted molar refractivity (Wildman–Crippen MR) is 68.7 cm³/mol. The van der Waals surface area contributed by atoms with E-state index in [-0.39, 0.29) is 0 Å². The second-order valence-corrected chi connectivity index (χ2v) is 4.89. The lowest BCUT2D eigenvalue weighted by Gasteiger charge is -2.41. The quantitative estimate of drug-likeness (QED) is 0.853. The lowest BCUT2D eigenvalue weighted by atomic mass is 9.96. The van der Waals surface area contributed by atoms with Crippen molar-refractivity contribution in [3.8, 4) is 0 Å². The molecule has 0 unspecified atom stereocenters. The van der Waals surface area contributed by atoms with Gasteiger partial charge in [-0.25, -0.2) is 4.79 Å². The van der Waals surface area contributed by atoms with E-state index in [9.17, 15) is 4.79 Å². The first kappa shape index (κ1) is 12.0.